The quantitative estimate of drug-likeness (QED) is 0.780. The van der Waals surface area contributed by atoms with Crippen molar-refractivity contribution in [2.24, 2.45) is 0 Å². The SMILES string of the molecule is CCOC(=O)CC1(N(C)C)CCOc2ccccc21. The second kappa shape index (κ2) is 5.61. The number of hydrogen-bond acceptors (Lipinski definition) is 4. The minimum absolute atomic E-state index is 0.159. The van der Waals surface area contributed by atoms with Crippen LogP contribution in [0.4, 0.5) is 0 Å². The topological polar surface area (TPSA) is 38.8 Å². The number of fused-ring (bicyclic) bond motifs is 1. The van der Waals surface area contributed by atoms with Crippen molar-refractivity contribution in [3.8, 4) is 5.75 Å². The van der Waals surface area contributed by atoms with E-state index in [0.29, 0.717) is 19.6 Å². The summed E-state index contributed by atoms with van der Waals surface area (Å²) in [6, 6.07) is 7.93. The van der Waals surface area contributed by atoms with Crippen LogP contribution in [0.1, 0.15) is 25.3 Å². The molecular formula is C15H21NO3. The Morgan fingerprint density at radius 2 is 2.16 bits per heavy atom. The molecule has 0 saturated heterocycles. The van der Waals surface area contributed by atoms with E-state index < -0.39 is 0 Å². The van der Waals surface area contributed by atoms with Crippen LogP contribution in [0.3, 0.4) is 0 Å². The molecule has 19 heavy (non-hydrogen) atoms. The van der Waals surface area contributed by atoms with E-state index in [9.17, 15) is 4.79 Å². The molecule has 0 radical (unpaired) electrons. The highest BCUT2D eigenvalue weighted by Gasteiger charge is 2.41. The molecule has 0 N–H and O–H groups in total. The highest BCUT2D eigenvalue weighted by atomic mass is 16.5. The molecule has 1 aromatic carbocycles. The standard InChI is InChI=1S/C15H21NO3/c1-4-18-14(17)11-15(16(2)3)9-10-19-13-8-6-5-7-12(13)15/h5-8H,4,9-11H2,1-3H3. The van der Waals surface area contributed by atoms with Gasteiger partial charge in [-0.1, -0.05) is 18.2 Å². The van der Waals surface area contributed by atoms with Gasteiger partial charge in [0.05, 0.1) is 25.2 Å². The van der Waals surface area contributed by atoms with Gasteiger partial charge in [0, 0.05) is 12.0 Å². The van der Waals surface area contributed by atoms with Crippen molar-refractivity contribution in [2.75, 3.05) is 27.3 Å². The Morgan fingerprint density at radius 1 is 1.42 bits per heavy atom. The molecule has 1 aliphatic rings. The lowest BCUT2D eigenvalue weighted by Gasteiger charge is -2.43. The zero-order valence-corrected chi connectivity index (χ0v) is 11.8. The smallest absolute Gasteiger partial charge is 0.308 e. The summed E-state index contributed by atoms with van der Waals surface area (Å²) in [4.78, 5) is 14.0. The molecule has 0 saturated carbocycles. The Kier molecular flexibility index (Phi) is 4.10. The predicted octanol–water partition coefficient (Wildman–Crippen LogP) is 2.18. The third-order valence-corrected chi connectivity index (χ3v) is 3.76. The van der Waals surface area contributed by atoms with Gasteiger partial charge < -0.3 is 9.47 Å². The second-order valence-corrected chi connectivity index (χ2v) is 5.00. The van der Waals surface area contributed by atoms with E-state index in [-0.39, 0.29) is 11.5 Å². The van der Waals surface area contributed by atoms with Crippen LogP contribution in [-0.4, -0.2) is 38.2 Å². The molecule has 4 nitrogen and oxygen atoms in total. The zero-order chi connectivity index (χ0) is 13.9. The van der Waals surface area contributed by atoms with E-state index in [1.54, 1.807) is 0 Å². The van der Waals surface area contributed by atoms with Crippen LogP contribution in [0.25, 0.3) is 0 Å². The fourth-order valence-electron chi connectivity index (χ4n) is 2.70. The minimum Gasteiger partial charge on any atom is -0.493 e. The average molecular weight is 263 g/mol. The molecule has 1 unspecified atom stereocenters. The summed E-state index contributed by atoms with van der Waals surface area (Å²) >= 11 is 0. The van der Waals surface area contributed by atoms with Crippen molar-refractivity contribution in [1.82, 2.24) is 4.90 Å². The molecule has 0 aliphatic carbocycles. The molecular weight excluding hydrogens is 242 g/mol. The van der Waals surface area contributed by atoms with Gasteiger partial charge in [-0.15, -0.1) is 0 Å². The average Bonchev–Trinajstić information content (AvgIpc) is 2.39. The van der Waals surface area contributed by atoms with Gasteiger partial charge >= 0.3 is 5.97 Å². The molecule has 0 spiro atoms. The second-order valence-electron chi connectivity index (χ2n) is 5.00. The molecule has 2 rings (SSSR count). The predicted molar refractivity (Wildman–Crippen MR) is 73.2 cm³/mol. The van der Waals surface area contributed by atoms with E-state index in [1.165, 1.54) is 0 Å². The Morgan fingerprint density at radius 3 is 2.84 bits per heavy atom. The van der Waals surface area contributed by atoms with E-state index in [2.05, 4.69) is 4.90 Å². The molecule has 1 aromatic rings. The van der Waals surface area contributed by atoms with Crippen molar-refractivity contribution >= 4 is 5.97 Å². The van der Waals surface area contributed by atoms with Crippen LogP contribution < -0.4 is 4.74 Å². The van der Waals surface area contributed by atoms with Gasteiger partial charge in [-0.2, -0.15) is 0 Å². The van der Waals surface area contributed by atoms with Crippen LogP contribution in [0.15, 0.2) is 24.3 Å². The maximum Gasteiger partial charge on any atom is 0.308 e. The monoisotopic (exact) mass is 263 g/mol. The van der Waals surface area contributed by atoms with Gasteiger partial charge in [0.25, 0.3) is 0 Å². The fraction of sp³-hybridized carbons (Fsp3) is 0.533. The van der Waals surface area contributed by atoms with Gasteiger partial charge in [-0.05, 0) is 27.1 Å². The Labute approximate surface area is 114 Å². The summed E-state index contributed by atoms with van der Waals surface area (Å²) in [5, 5.41) is 0. The number of hydrogen-bond donors (Lipinski definition) is 0. The summed E-state index contributed by atoms with van der Waals surface area (Å²) in [5.41, 5.74) is 0.737. The van der Waals surface area contributed by atoms with Gasteiger partial charge in [-0.25, -0.2) is 0 Å². The molecule has 1 aliphatic heterocycles. The number of ether oxygens (including phenoxy) is 2. The van der Waals surface area contributed by atoms with Gasteiger partial charge in [0.1, 0.15) is 5.75 Å². The summed E-state index contributed by atoms with van der Waals surface area (Å²) in [7, 11) is 4.00. The van der Waals surface area contributed by atoms with Crippen molar-refractivity contribution < 1.29 is 14.3 Å². The van der Waals surface area contributed by atoms with Gasteiger partial charge in [0.2, 0.25) is 0 Å². The fourth-order valence-corrected chi connectivity index (χ4v) is 2.70. The third-order valence-electron chi connectivity index (χ3n) is 3.76. The lowest BCUT2D eigenvalue weighted by molar-refractivity contribution is -0.147. The van der Waals surface area contributed by atoms with Crippen LogP contribution in [0, 0.1) is 0 Å². The number of carbonyl (C=O) groups is 1. The van der Waals surface area contributed by atoms with Crippen molar-refractivity contribution in [3.63, 3.8) is 0 Å². The Bertz CT molecular complexity index is 458. The first-order chi connectivity index (χ1) is 9.10. The van der Waals surface area contributed by atoms with Gasteiger partial charge in [0.15, 0.2) is 0 Å². The van der Waals surface area contributed by atoms with Crippen LogP contribution in [-0.2, 0) is 15.1 Å². The first-order valence-electron chi connectivity index (χ1n) is 6.65. The third kappa shape index (κ3) is 2.59. The van der Waals surface area contributed by atoms with Crippen LogP contribution in [0.2, 0.25) is 0 Å². The molecule has 0 bridgehead atoms. The number of carbonyl (C=O) groups excluding carboxylic acids is 1. The summed E-state index contributed by atoms with van der Waals surface area (Å²) < 4.78 is 10.8. The maximum atomic E-state index is 11.9. The lowest BCUT2D eigenvalue weighted by atomic mass is 9.80. The van der Waals surface area contributed by atoms with Gasteiger partial charge in [-0.3, -0.25) is 9.69 Å². The molecule has 0 fully saturated rings. The first-order valence-corrected chi connectivity index (χ1v) is 6.65. The van der Waals surface area contributed by atoms with E-state index >= 15 is 0 Å². The Balaban J connectivity index is 2.38. The summed E-state index contributed by atoms with van der Waals surface area (Å²) in [5.74, 6) is 0.708. The van der Waals surface area contributed by atoms with E-state index in [4.69, 9.17) is 9.47 Å². The molecule has 0 amide bonds. The summed E-state index contributed by atoms with van der Waals surface area (Å²) in [6.45, 7) is 2.87. The zero-order valence-electron chi connectivity index (χ0n) is 11.8. The number of benzene rings is 1. The largest absolute Gasteiger partial charge is 0.493 e. The number of para-hydroxylation sites is 1. The van der Waals surface area contributed by atoms with Crippen molar-refractivity contribution in [1.29, 1.82) is 0 Å². The molecule has 1 heterocycles. The molecule has 104 valence electrons. The number of rotatable bonds is 4. The number of esters is 1. The maximum absolute atomic E-state index is 11.9. The highest BCUT2D eigenvalue weighted by molar-refractivity contribution is 5.72. The van der Waals surface area contributed by atoms with Crippen LogP contribution in [0.5, 0.6) is 5.75 Å². The summed E-state index contributed by atoms with van der Waals surface area (Å²) in [6.07, 6.45) is 1.14. The van der Waals surface area contributed by atoms with E-state index in [1.807, 2.05) is 45.3 Å². The number of nitrogens with zero attached hydrogens (tertiary/aromatic N) is 1. The normalized spacial score (nSPS) is 21.7. The van der Waals surface area contributed by atoms with E-state index in [0.717, 1.165) is 17.7 Å². The van der Waals surface area contributed by atoms with Crippen LogP contribution >= 0.6 is 0 Å². The lowest BCUT2D eigenvalue weighted by Crippen LogP contribution is -2.47. The molecule has 0 aromatic heterocycles. The molecule has 4 heteroatoms. The first kappa shape index (κ1) is 13.9. The van der Waals surface area contributed by atoms with Crippen molar-refractivity contribution in [2.45, 2.75) is 25.3 Å². The minimum atomic E-state index is -0.332. The highest BCUT2D eigenvalue weighted by Crippen LogP contribution is 2.42. The molecule has 1 atom stereocenters. The van der Waals surface area contributed by atoms with Crippen molar-refractivity contribution in [3.05, 3.63) is 29.8 Å². The Hall–Kier alpha value is -1.55.